The Kier molecular flexibility index (Phi) is 32.1. The topological polar surface area (TPSA) is 188 Å². The molecule has 1 rings (SSSR count). The van der Waals surface area contributed by atoms with E-state index in [0.29, 0.717) is 32.1 Å². The molecule has 13 heteroatoms. The second kappa shape index (κ2) is 35.3. The van der Waals surface area contributed by atoms with Crippen molar-refractivity contribution in [2.75, 3.05) is 26.4 Å². The number of aliphatic hydroxyl groups excluding tert-OH is 2. The molecule has 4 atom stereocenters. The zero-order chi connectivity index (χ0) is 44.3. The van der Waals surface area contributed by atoms with Gasteiger partial charge in [-0.1, -0.05) is 125 Å². The first kappa shape index (κ1) is 54.7. The summed E-state index contributed by atoms with van der Waals surface area (Å²) < 4.78 is 38.8. The summed E-state index contributed by atoms with van der Waals surface area (Å²) in [7, 11) is -4.44. The molecular formula is C47H76NO11P. The molecule has 0 saturated carbocycles. The first-order valence-corrected chi connectivity index (χ1v) is 23.5. The zero-order valence-corrected chi connectivity index (χ0v) is 37.7. The molecule has 0 saturated heterocycles. The fourth-order valence-corrected chi connectivity index (χ4v) is 6.71. The van der Waals surface area contributed by atoms with Crippen LogP contribution in [-0.4, -0.2) is 71.7 Å². The van der Waals surface area contributed by atoms with Gasteiger partial charge in [0.05, 0.1) is 25.4 Å². The maximum absolute atomic E-state index is 12.6. The molecule has 1 heterocycles. The third-order valence-electron chi connectivity index (χ3n) is 9.46. The van der Waals surface area contributed by atoms with Crippen molar-refractivity contribution in [3.63, 3.8) is 0 Å². The van der Waals surface area contributed by atoms with Crippen LogP contribution in [0.25, 0.3) is 0 Å². The summed E-state index contributed by atoms with van der Waals surface area (Å²) in [6, 6.07) is 0. The Bertz CT molecular complexity index is 1530. The molecule has 0 aliphatic rings. The molecule has 0 spiro atoms. The van der Waals surface area contributed by atoms with E-state index in [4.69, 9.17) is 28.7 Å². The first-order chi connectivity index (χ1) is 28.9. The highest BCUT2D eigenvalue weighted by atomic mass is 31.2. The van der Waals surface area contributed by atoms with Gasteiger partial charge in [-0.15, -0.1) is 0 Å². The Hall–Kier alpha value is -3.35. The van der Waals surface area contributed by atoms with Gasteiger partial charge in [0, 0.05) is 32.2 Å². The van der Waals surface area contributed by atoms with Crippen LogP contribution in [0.3, 0.4) is 0 Å². The molecule has 1 aromatic rings. The molecule has 0 radical (unpaired) electrons. The SMILES string of the molecule is CC/C=C\C[C@H](O)/C=C/C=C\C=C\[C@H](O)C/C=C\C/C=C\CCC(=O)O[C@H](COC(=O)CCCCCCCCCCc1oc(CCC)c(C)c1C)COP(=O)(O)OCCN. The van der Waals surface area contributed by atoms with Gasteiger partial charge < -0.3 is 34.7 Å². The minimum Gasteiger partial charge on any atom is -0.466 e. The predicted molar refractivity (Wildman–Crippen MR) is 239 cm³/mol. The van der Waals surface area contributed by atoms with E-state index in [-0.39, 0.29) is 32.6 Å². The van der Waals surface area contributed by atoms with Crippen LogP contribution in [0.2, 0.25) is 0 Å². The average Bonchev–Trinajstić information content (AvgIpc) is 3.48. The van der Waals surface area contributed by atoms with Crippen molar-refractivity contribution in [1.82, 2.24) is 0 Å². The van der Waals surface area contributed by atoms with Gasteiger partial charge in [0.25, 0.3) is 0 Å². The monoisotopic (exact) mass is 862 g/mol. The number of phosphoric ester groups is 1. The minimum atomic E-state index is -4.44. The van der Waals surface area contributed by atoms with Crippen molar-refractivity contribution in [2.24, 2.45) is 5.73 Å². The molecule has 0 aliphatic heterocycles. The van der Waals surface area contributed by atoms with E-state index in [1.165, 1.54) is 24.0 Å². The number of carbonyl (C=O) groups excluding carboxylic acids is 2. The van der Waals surface area contributed by atoms with Gasteiger partial charge >= 0.3 is 19.8 Å². The lowest BCUT2D eigenvalue weighted by atomic mass is 10.0. The normalized spacial score (nSPS) is 15.0. The quantitative estimate of drug-likeness (QED) is 0.0165. The molecule has 1 unspecified atom stereocenters. The van der Waals surface area contributed by atoms with Crippen LogP contribution in [0.1, 0.15) is 139 Å². The second-order valence-corrected chi connectivity index (χ2v) is 16.3. The molecule has 0 amide bonds. The standard InChI is InChI=1S/C47H76NO11P/c1-5-7-20-28-41(49)30-22-18-19-23-31-42(50)29-21-14-12-13-17-26-34-47(52)58-43(38-57-60(53,54)56-36-35-48)37-55-46(51)33-25-16-11-9-8-10-15-24-32-45-40(4)39(3)44(59-45)27-6-2/h7,13-14,17-23,30-31,41-43,49-50H,5-6,8-12,15-16,24-29,32-38,48H2,1-4H3,(H,53,54)/b17-13-,19-18-,20-7-,21-14-,30-22+,31-23+/t41-,42+,43+/m0/s1. The number of phosphoric acid groups is 1. The lowest BCUT2D eigenvalue weighted by Gasteiger charge is -2.19. The number of hydrogen-bond donors (Lipinski definition) is 4. The Balaban J connectivity index is 2.35. The van der Waals surface area contributed by atoms with Gasteiger partial charge in [0.2, 0.25) is 0 Å². The molecular weight excluding hydrogens is 785 g/mol. The summed E-state index contributed by atoms with van der Waals surface area (Å²) in [6.45, 7) is 7.51. The third-order valence-corrected chi connectivity index (χ3v) is 10.4. The van der Waals surface area contributed by atoms with Gasteiger partial charge in [-0.2, -0.15) is 0 Å². The van der Waals surface area contributed by atoms with Crippen molar-refractivity contribution >= 4 is 19.8 Å². The highest BCUT2D eigenvalue weighted by Crippen LogP contribution is 2.43. The maximum atomic E-state index is 12.6. The summed E-state index contributed by atoms with van der Waals surface area (Å²) in [6.07, 6.45) is 34.3. The largest absolute Gasteiger partial charge is 0.472 e. The molecule has 1 aromatic heterocycles. The number of furan rings is 1. The summed E-state index contributed by atoms with van der Waals surface area (Å²) in [5.74, 6) is 1.24. The van der Waals surface area contributed by atoms with Gasteiger partial charge in [-0.25, -0.2) is 4.57 Å². The lowest BCUT2D eigenvalue weighted by molar-refractivity contribution is -0.161. The van der Waals surface area contributed by atoms with Crippen LogP contribution in [0.5, 0.6) is 0 Å². The Morgan fingerprint density at radius 2 is 1.30 bits per heavy atom. The Labute approximate surface area is 360 Å². The number of carbonyl (C=O) groups is 2. The van der Waals surface area contributed by atoms with E-state index in [0.717, 1.165) is 69.3 Å². The highest BCUT2D eigenvalue weighted by Gasteiger charge is 2.26. The van der Waals surface area contributed by atoms with Crippen molar-refractivity contribution in [2.45, 2.75) is 162 Å². The maximum Gasteiger partial charge on any atom is 0.472 e. The number of allylic oxidation sites excluding steroid dienone is 8. The van der Waals surface area contributed by atoms with Crippen LogP contribution in [0, 0.1) is 13.8 Å². The van der Waals surface area contributed by atoms with E-state index in [9.17, 15) is 29.3 Å². The number of aliphatic hydroxyl groups is 2. The molecule has 60 heavy (non-hydrogen) atoms. The lowest BCUT2D eigenvalue weighted by Crippen LogP contribution is -2.29. The summed E-state index contributed by atoms with van der Waals surface area (Å²) in [5.41, 5.74) is 7.94. The summed E-state index contributed by atoms with van der Waals surface area (Å²) >= 11 is 0. The van der Waals surface area contributed by atoms with Crippen LogP contribution in [0.15, 0.2) is 77.3 Å². The number of rotatable bonds is 36. The fourth-order valence-electron chi connectivity index (χ4n) is 5.94. The van der Waals surface area contributed by atoms with Crippen LogP contribution < -0.4 is 5.73 Å². The van der Waals surface area contributed by atoms with E-state index in [1.54, 1.807) is 36.5 Å². The van der Waals surface area contributed by atoms with E-state index >= 15 is 0 Å². The van der Waals surface area contributed by atoms with Gasteiger partial charge in [0.15, 0.2) is 6.10 Å². The highest BCUT2D eigenvalue weighted by molar-refractivity contribution is 7.47. The fraction of sp³-hybridized carbons (Fsp3) is 0.617. The van der Waals surface area contributed by atoms with Crippen molar-refractivity contribution in [3.8, 4) is 0 Å². The molecule has 12 nitrogen and oxygen atoms in total. The third kappa shape index (κ3) is 29.0. The van der Waals surface area contributed by atoms with Gasteiger partial charge in [-0.3, -0.25) is 18.6 Å². The number of ether oxygens (including phenoxy) is 2. The number of nitrogens with two attached hydrogens (primary N) is 1. The van der Waals surface area contributed by atoms with Crippen LogP contribution in [0.4, 0.5) is 0 Å². The van der Waals surface area contributed by atoms with E-state index in [1.807, 2.05) is 43.4 Å². The van der Waals surface area contributed by atoms with Crippen molar-refractivity contribution < 1.29 is 52.2 Å². The molecule has 5 N–H and O–H groups in total. The number of esters is 2. The molecule has 0 bridgehead atoms. The predicted octanol–water partition coefficient (Wildman–Crippen LogP) is 9.87. The van der Waals surface area contributed by atoms with E-state index < -0.39 is 44.7 Å². The summed E-state index contributed by atoms with van der Waals surface area (Å²) in [5, 5.41) is 20.0. The summed E-state index contributed by atoms with van der Waals surface area (Å²) in [4.78, 5) is 35.0. The second-order valence-electron chi connectivity index (χ2n) is 14.8. The van der Waals surface area contributed by atoms with Crippen molar-refractivity contribution in [1.29, 1.82) is 0 Å². The average molecular weight is 862 g/mol. The Morgan fingerprint density at radius 3 is 1.92 bits per heavy atom. The molecule has 0 fully saturated rings. The number of unbranched alkanes of at least 4 members (excludes halogenated alkanes) is 7. The van der Waals surface area contributed by atoms with Crippen LogP contribution >= 0.6 is 7.82 Å². The van der Waals surface area contributed by atoms with Crippen molar-refractivity contribution in [3.05, 3.63) is 95.6 Å². The van der Waals surface area contributed by atoms with Crippen LogP contribution in [-0.2, 0) is 45.5 Å². The molecule has 0 aromatic carbocycles. The van der Waals surface area contributed by atoms with Gasteiger partial charge in [0.1, 0.15) is 18.1 Å². The number of aryl methyl sites for hydroxylation is 2. The molecule has 340 valence electrons. The van der Waals surface area contributed by atoms with Gasteiger partial charge in [-0.05, 0) is 76.3 Å². The van der Waals surface area contributed by atoms with E-state index in [2.05, 4.69) is 20.8 Å². The first-order valence-electron chi connectivity index (χ1n) is 22.0. The molecule has 0 aliphatic carbocycles. The number of hydrogen-bond acceptors (Lipinski definition) is 11. The Morgan fingerprint density at radius 1 is 0.717 bits per heavy atom. The zero-order valence-electron chi connectivity index (χ0n) is 36.8. The minimum absolute atomic E-state index is 0.0140. The smallest absolute Gasteiger partial charge is 0.466 e.